The lowest BCUT2D eigenvalue weighted by Gasteiger charge is -2.33. The largest absolute Gasteiger partial charge is 0.468 e. The van der Waals surface area contributed by atoms with Gasteiger partial charge in [-0.05, 0) is 62.3 Å². The van der Waals surface area contributed by atoms with Crippen LogP contribution in [0.5, 0.6) is 0 Å². The number of hydrogen-bond acceptors (Lipinski definition) is 4. The highest BCUT2D eigenvalue weighted by molar-refractivity contribution is 9.10. The molecule has 2 N–H and O–H groups in total. The Hall–Kier alpha value is -2.12. The lowest BCUT2D eigenvalue weighted by molar-refractivity contribution is -0.120. The molecule has 1 fully saturated rings. The zero-order chi connectivity index (χ0) is 19.1. The summed E-state index contributed by atoms with van der Waals surface area (Å²) in [7, 11) is 0. The second-order valence-electron chi connectivity index (χ2n) is 6.62. The van der Waals surface area contributed by atoms with E-state index in [1.807, 2.05) is 12.1 Å². The number of furan rings is 1. The molecule has 1 aromatic heterocycles. The maximum atomic E-state index is 12.2. The molecular weight excluding hydrogens is 410 g/mol. The topological polar surface area (TPSA) is 74.6 Å². The maximum absolute atomic E-state index is 12.2. The van der Waals surface area contributed by atoms with Crippen molar-refractivity contribution < 1.29 is 14.0 Å². The van der Waals surface area contributed by atoms with E-state index in [-0.39, 0.29) is 24.4 Å². The van der Waals surface area contributed by atoms with Gasteiger partial charge in [-0.15, -0.1) is 0 Å². The Bertz CT molecular complexity index is 740. The van der Waals surface area contributed by atoms with Crippen molar-refractivity contribution >= 4 is 27.7 Å². The van der Waals surface area contributed by atoms with Crippen LogP contribution in [-0.4, -0.2) is 42.9 Å². The predicted molar refractivity (Wildman–Crippen MR) is 106 cm³/mol. The van der Waals surface area contributed by atoms with Crippen molar-refractivity contribution in [2.45, 2.75) is 25.3 Å². The molecule has 7 heteroatoms. The van der Waals surface area contributed by atoms with Crippen molar-refractivity contribution in [3.05, 3.63) is 58.5 Å². The zero-order valence-electron chi connectivity index (χ0n) is 15.1. The number of carbonyl (C=O) groups is 2. The van der Waals surface area contributed by atoms with Crippen molar-refractivity contribution in [3.63, 3.8) is 0 Å². The molecule has 1 aliphatic heterocycles. The van der Waals surface area contributed by atoms with Gasteiger partial charge in [0, 0.05) is 16.6 Å². The third-order valence-corrected chi connectivity index (χ3v) is 5.24. The molecule has 2 heterocycles. The van der Waals surface area contributed by atoms with Crippen molar-refractivity contribution in [2.75, 3.05) is 26.2 Å². The average Bonchev–Trinajstić information content (AvgIpc) is 3.22. The Morgan fingerprint density at radius 1 is 1.07 bits per heavy atom. The molecule has 0 radical (unpaired) electrons. The van der Waals surface area contributed by atoms with Crippen molar-refractivity contribution in [3.8, 4) is 0 Å². The van der Waals surface area contributed by atoms with E-state index < -0.39 is 0 Å². The van der Waals surface area contributed by atoms with Crippen LogP contribution in [0.2, 0.25) is 0 Å². The first kappa shape index (κ1) is 19.6. The third-order valence-electron chi connectivity index (χ3n) is 4.71. The Labute approximate surface area is 167 Å². The Morgan fingerprint density at radius 2 is 1.81 bits per heavy atom. The van der Waals surface area contributed by atoms with Gasteiger partial charge in [-0.25, -0.2) is 0 Å². The van der Waals surface area contributed by atoms with Gasteiger partial charge < -0.3 is 15.1 Å². The molecule has 0 saturated carbocycles. The van der Waals surface area contributed by atoms with Crippen LogP contribution in [0.1, 0.15) is 41.4 Å². The maximum Gasteiger partial charge on any atom is 0.251 e. The van der Waals surface area contributed by atoms with Crippen LogP contribution in [0.25, 0.3) is 0 Å². The Kier molecular flexibility index (Phi) is 7.06. The monoisotopic (exact) mass is 433 g/mol. The summed E-state index contributed by atoms with van der Waals surface area (Å²) < 4.78 is 6.48. The summed E-state index contributed by atoms with van der Waals surface area (Å²) in [6, 6.07) is 10.8. The van der Waals surface area contributed by atoms with Gasteiger partial charge in [0.15, 0.2) is 0 Å². The van der Waals surface area contributed by atoms with Gasteiger partial charge in [0.2, 0.25) is 5.91 Å². The first-order valence-electron chi connectivity index (χ1n) is 9.21. The number of carbonyl (C=O) groups excluding carboxylic acids is 2. The number of nitrogens with one attached hydrogen (secondary N) is 2. The normalized spacial score (nSPS) is 15.9. The van der Waals surface area contributed by atoms with Crippen molar-refractivity contribution in [2.24, 2.45) is 0 Å². The average molecular weight is 434 g/mol. The minimum Gasteiger partial charge on any atom is -0.468 e. The molecule has 1 aliphatic rings. The van der Waals surface area contributed by atoms with Crippen molar-refractivity contribution in [1.82, 2.24) is 15.5 Å². The molecule has 27 heavy (non-hydrogen) atoms. The summed E-state index contributed by atoms with van der Waals surface area (Å²) in [4.78, 5) is 26.7. The lowest BCUT2D eigenvalue weighted by atomic mass is 10.1. The van der Waals surface area contributed by atoms with E-state index in [9.17, 15) is 9.59 Å². The van der Waals surface area contributed by atoms with Crippen LogP contribution in [0, 0.1) is 0 Å². The van der Waals surface area contributed by atoms with E-state index in [2.05, 4.69) is 31.5 Å². The molecule has 1 aromatic carbocycles. The van der Waals surface area contributed by atoms with Gasteiger partial charge in [-0.3, -0.25) is 14.5 Å². The summed E-state index contributed by atoms with van der Waals surface area (Å²) in [6.45, 7) is 2.41. The third kappa shape index (κ3) is 5.68. The molecule has 0 aliphatic carbocycles. The summed E-state index contributed by atoms with van der Waals surface area (Å²) >= 11 is 3.33. The van der Waals surface area contributed by atoms with Gasteiger partial charge in [0.05, 0.1) is 18.8 Å². The molecule has 6 nitrogen and oxygen atoms in total. The Morgan fingerprint density at radius 3 is 2.48 bits per heavy atom. The molecule has 3 rings (SSSR count). The van der Waals surface area contributed by atoms with Crippen LogP contribution < -0.4 is 10.6 Å². The molecule has 1 unspecified atom stereocenters. The van der Waals surface area contributed by atoms with E-state index in [0.29, 0.717) is 12.1 Å². The quantitative estimate of drug-likeness (QED) is 0.703. The molecule has 2 aromatic rings. The SMILES string of the molecule is O=C(CNC(=O)c1ccc(Br)cc1)NCC(c1ccco1)N1CCCCC1. The zero-order valence-corrected chi connectivity index (χ0v) is 16.7. The van der Waals surface area contributed by atoms with E-state index >= 15 is 0 Å². The van der Waals surface area contributed by atoms with E-state index in [1.54, 1.807) is 30.5 Å². The molecule has 2 amide bonds. The number of rotatable bonds is 7. The first-order chi connectivity index (χ1) is 13.1. The number of halogens is 1. The number of nitrogens with zero attached hydrogens (tertiary/aromatic N) is 1. The predicted octanol–water partition coefficient (Wildman–Crippen LogP) is 3.12. The molecule has 1 saturated heterocycles. The molecule has 1 atom stereocenters. The van der Waals surface area contributed by atoms with E-state index in [1.165, 1.54) is 6.42 Å². The van der Waals surface area contributed by atoms with Crippen LogP contribution in [0.3, 0.4) is 0 Å². The second kappa shape index (κ2) is 9.71. The van der Waals surface area contributed by atoms with E-state index in [4.69, 9.17) is 4.42 Å². The standard InChI is InChI=1S/C20H24BrN3O3/c21-16-8-6-15(7-9-16)20(26)23-14-19(25)22-13-17(18-5-4-12-27-18)24-10-2-1-3-11-24/h4-9,12,17H,1-3,10-11,13-14H2,(H,22,25)(H,23,26). The fourth-order valence-corrected chi connectivity index (χ4v) is 3.52. The van der Waals surface area contributed by atoms with Gasteiger partial charge >= 0.3 is 0 Å². The number of amides is 2. The first-order valence-corrected chi connectivity index (χ1v) is 10.0. The summed E-state index contributed by atoms with van der Waals surface area (Å²) in [5.41, 5.74) is 0.521. The van der Waals surface area contributed by atoms with Crippen LogP contribution in [-0.2, 0) is 4.79 Å². The number of benzene rings is 1. The fourth-order valence-electron chi connectivity index (χ4n) is 3.26. The van der Waals surface area contributed by atoms with Gasteiger partial charge in [-0.1, -0.05) is 22.4 Å². The van der Waals surface area contributed by atoms with Gasteiger partial charge in [-0.2, -0.15) is 0 Å². The number of piperidine rings is 1. The highest BCUT2D eigenvalue weighted by atomic mass is 79.9. The highest BCUT2D eigenvalue weighted by Gasteiger charge is 2.24. The fraction of sp³-hybridized carbons (Fsp3) is 0.400. The van der Waals surface area contributed by atoms with Gasteiger partial charge in [0.25, 0.3) is 5.91 Å². The number of hydrogen-bond donors (Lipinski definition) is 2. The molecule has 144 valence electrons. The minimum absolute atomic E-state index is 0.0198. The lowest BCUT2D eigenvalue weighted by Crippen LogP contribution is -2.43. The highest BCUT2D eigenvalue weighted by Crippen LogP contribution is 2.24. The Balaban J connectivity index is 1.50. The molecule has 0 spiro atoms. The van der Waals surface area contributed by atoms with E-state index in [0.717, 1.165) is 36.2 Å². The smallest absolute Gasteiger partial charge is 0.251 e. The minimum atomic E-state index is -0.267. The van der Waals surface area contributed by atoms with Crippen LogP contribution in [0.15, 0.2) is 51.6 Å². The van der Waals surface area contributed by atoms with Crippen LogP contribution in [0.4, 0.5) is 0 Å². The summed E-state index contributed by atoms with van der Waals surface area (Å²) in [5.74, 6) is 0.376. The summed E-state index contributed by atoms with van der Waals surface area (Å²) in [6.07, 6.45) is 5.23. The number of likely N-dealkylation sites (tertiary alicyclic amines) is 1. The molecule has 0 bridgehead atoms. The molecular formula is C20H24BrN3O3. The van der Waals surface area contributed by atoms with Gasteiger partial charge in [0.1, 0.15) is 5.76 Å². The second-order valence-corrected chi connectivity index (χ2v) is 7.54. The summed E-state index contributed by atoms with van der Waals surface area (Å²) in [5, 5.41) is 5.57. The van der Waals surface area contributed by atoms with Crippen LogP contribution >= 0.6 is 15.9 Å². The van der Waals surface area contributed by atoms with Crippen molar-refractivity contribution in [1.29, 1.82) is 0 Å².